The summed E-state index contributed by atoms with van der Waals surface area (Å²) in [6.45, 7) is 9.53. The van der Waals surface area contributed by atoms with Crippen molar-refractivity contribution in [3.05, 3.63) is 35.9 Å². The standard InChI is InChI=1S/C18H30N2O4Si/c1-15(13-20(2)18(22)23-11-12-25(3,4)5)19-17(21)24-14-16-9-7-6-8-10-16/h6-10,15H,11-14H2,1-5H3,(H,19,21). The monoisotopic (exact) mass is 366 g/mol. The van der Waals surface area contributed by atoms with Crippen LogP contribution in [0.1, 0.15) is 12.5 Å². The number of benzene rings is 1. The predicted octanol–water partition coefficient (Wildman–Crippen LogP) is 3.71. The fourth-order valence-electron chi connectivity index (χ4n) is 2.05. The normalized spacial score (nSPS) is 12.2. The van der Waals surface area contributed by atoms with Crippen LogP contribution in [0.15, 0.2) is 30.3 Å². The summed E-state index contributed by atoms with van der Waals surface area (Å²) in [5.74, 6) is 0. The molecule has 1 rings (SSSR count). The number of nitrogens with one attached hydrogen (secondary N) is 1. The second-order valence-corrected chi connectivity index (χ2v) is 13.0. The van der Waals surface area contributed by atoms with Crippen molar-refractivity contribution in [2.75, 3.05) is 20.2 Å². The molecule has 0 spiro atoms. The van der Waals surface area contributed by atoms with Crippen molar-refractivity contribution in [1.29, 1.82) is 0 Å². The van der Waals surface area contributed by atoms with Gasteiger partial charge in [0, 0.05) is 27.7 Å². The van der Waals surface area contributed by atoms with Gasteiger partial charge in [-0.25, -0.2) is 9.59 Å². The summed E-state index contributed by atoms with van der Waals surface area (Å²) in [5.41, 5.74) is 0.924. The van der Waals surface area contributed by atoms with Crippen LogP contribution in [0.2, 0.25) is 25.7 Å². The van der Waals surface area contributed by atoms with E-state index in [4.69, 9.17) is 9.47 Å². The molecule has 0 fully saturated rings. The van der Waals surface area contributed by atoms with Crippen molar-refractivity contribution in [2.24, 2.45) is 0 Å². The van der Waals surface area contributed by atoms with E-state index in [1.165, 1.54) is 4.90 Å². The number of carbonyl (C=O) groups is 2. The molecule has 6 nitrogen and oxygen atoms in total. The SMILES string of the molecule is CC(CN(C)C(=O)OCC[Si](C)(C)C)NC(=O)OCc1ccccc1. The molecule has 0 aliphatic rings. The van der Waals surface area contributed by atoms with Crippen molar-refractivity contribution < 1.29 is 19.1 Å². The van der Waals surface area contributed by atoms with Crippen LogP contribution in [0.4, 0.5) is 9.59 Å². The number of alkyl carbamates (subject to hydrolysis) is 1. The van der Waals surface area contributed by atoms with Gasteiger partial charge in [0.15, 0.2) is 0 Å². The molecule has 0 radical (unpaired) electrons. The van der Waals surface area contributed by atoms with Crippen LogP contribution in [0, 0.1) is 0 Å². The first-order valence-electron chi connectivity index (χ1n) is 8.52. The van der Waals surface area contributed by atoms with Crippen LogP contribution in [0.5, 0.6) is 0 Å². The molecule has 1 aromatic carbocycles. The van der Waals surface area contributed by atoms with Crippen molar-refractivity contribution in [2.45, 2.75) is 45.3 Å². The first-order valence-corrected chi connectivity index (χ1v) is 12.2. The van der Waals surface area contributed by atoms with Gasteiger partial charge in [-0.3, -0.25) is 0 Å². The Kier molecular flexibility index (Phi) is 8.47. The Morgan fingerprint density at radius 3 is 2.40 bits per heavy atom. The highest BCUT2D eigenvalue weighted by Gasteiger charge is 2.18. The van der Waals surface area contributed by atoms with Gasteiger partial charge in [0.1, 0.15) is 6.61 Å². The molecule has 7 heteroatoms. The Labute approximate surface area is 151 Å². The summed E-state index contributed by atoms with van der Waals surface area (Å²) in [5, 5.41) is 2.71. The van der Waals surface area contributed by atoms with E-state index in [9.17, 15) is 9.59 Å². The lowest BCUT2D eigenvalue weighted by atomic mass is 10.2. The van der Waals surface area contributed by atoms with Crippen LogP contribution in [-0.2, 0) is 16.1 Å². The lowest BCUT2D eigenvalue weighted by Crippen LogP contribution is -2.43. The van der Waals surface area contributed by atoms with E-state index in [2.05, 4.69) is 25.0 Å². The third-order valence-electron chi connectivity index (χ3n) is 3.51. The predicted molar refractivity (Wildman–Crippen MR) is 101 cm³/mol. The maximum absolute atomic E-state index is 11.9. The number of rotatable bonds is 8. The van der Waals surface area contributed by atoms with Crippen LogP contribution in [-0.4, -0.2) is 51.4 Å². The zero-order chi connectivity index (χ0) is 18.9. The minimum absolute atomic E-state index is 0.216. The number of amides is 2. The van der Waals surface area contributed by atoms with Gasteiger partial charge in [0.2, 0.25) is 0 Å². The number of hydrogen-bond donors (Lipinski definition) is 1. The summed E-state index contributed by atoms with van der Waals surface area (Å²) >= 11 is 0. The Bertz CT molecular complexity index is 546. The van der Waals surface area contributed by atoms with E-state index >= 15 is 0 Å². The largest absolute Gasteiger partial charge is 0.450 e. The molecule has 140 valence electrons. The highest BCUT2D eigenvalue weighted by atomic mass is 28.3. The Balaban J connectivity index is 2.26. The highest BCUT2D eigenvalue weighted by Crippen LogP contribution is 2.08. The van der Waals surface area contributed by atoms with Crippen LogP contribution in [0.25, 0.3) is 0 Å². The molecule has 0 heterocycles. The first-order chi connectivity index (χ1) is 11.7. The number of likely N-dealkylation sites (N-methyl/N-ethyl adjacent to an activating group) is 1. The van der Waals surface area contributed by atoms with Crippen molar-refractivity contribution in [3.8, 4) is 0 Å². The average molecular weight is 367 g/mol. The molecule has 0 bridgehead atoms. The smallest absolute Gasteiger partial charge is 0.409 e. The van der Waals surface area contributed by atoms with E-state index in [0.717, 1.165) is 11.6 Å². The topological polar surface area (TPSA) is 67.9 Å². The fraction of sp³-hybridized carbons (Fsp3) is 0.556. The summed E-state index contributed by atoms with van der Waals surface area (Å²) < 4.78 is 10.4. The van der Waals surface area contributed by atoms with Gasteiger partial charge in [-0.05, 0) is 18.5 Å². The van der Waals surface area contributed by atoms with Gasteiger partial charge in [0.05, 0.1) is 6.61 Å². The summed E-state index contributed by atoms with van der Waals surface area (Å²) in [4.78, 5) is 25.2. The third kappa shape index (κ3) is 9.76. The minimum Gasteiger partial charge on any atom is -0.450 e. The van der Waals surface area contributed by atoms with Gasteiger partial charge >= 0.3 is 12.2 Å². The van der Waals surface area contributed by atoms with E-state index in [1.54, 1.807) is 7.05 Å². The second kappa shape index (κ2) is 10.1. The maximum Gasteiger partial charge on any atom is 0.409 e. The molecule has 0 saturated carbocycles. The van der Waals surface area contributed by atoms with E-state index < -0.39 is 14.2 Å². The highest BCUT2D eigenvalue weighted by molar-refractivity contribution is 6.76. The molecule has 1 N–H and O–H groups in total. The molecule has 0 aliphatic heterocycles. The van der Waals surface area contributed by atoms with Crippen LogP contribution >= 0.6 is 0 Å². The lowest BCUT2D eigenvalue weighted by Gasteiger charge is -2.23. The first kappa shape index (κ1) is 21.0. The molecule has 0 aliphatic carbocycles. The van der Waals surface area contributed by atoms with Crippen molar-refractivity contribution >= 4 is 20.3 Å². The third-order valence-corrected chi connectivity index (χ3v) is 5.22. The molecule has 0 saturated heterocycles. The second-order valence-electron chi connectivity index (χ2n) is 7.41. The molecule has 2 amide bonds. The Morgan fingerprint density at radius 1 is 1.16 bits per heavy atom. The van der Waals surface area contributed by atoms with Gasteiger partial charge < -0.3 is 19.7 Å². The molecular formula is C18H30N2O4Si. The number of hydrogen-bond acceptors (Lipinski definition) is 4. The zero-order valence-corrected chi connectivity index (χ0v) is 16.9. The molecule has 1 unspecified atom stereocenters. The minimum atomic E-state index is -1.22. The van der Waals surface area contributed by atoms with Gasteiger partial charge in [-0.2, -0.15) is 0 Å². The zero-order valence-electron chi connectivity index (χ0n) is 15.9. The average Bonchev–Trinajstić information content (AvgIpc) is 2.52. The Hall–Kier alpha value is -2.02. The molecule has 25 heavy (non-hydrogen) atoms. The summed E-state index contributed by atoms with van der Waals surface area (Å²) in [7, 11) is 0.438. The molecule has 1 aromatic rings. The summed E-state index contributed by atoms with van der Waals surface area (Å²) in [6.07, 6.45) is -0.874. The molecular weight excluding hydrogens is 336 g/mol. The number of carbonyl (C=O) groups excluding carboxylic acids is 2. The molecule has 0 aromatic heterocycles. The Morgan fingerprint density at radius 2 is 1.80 bits per heavy atom. The van der Waals surface area contributed by atoms with E-state index in [1.807, 2.05) is 37.3 Å². The van der Waals surface area contributed by atoms with Crippen molar-refractivity contribution in [1.82, 2.24) is 10.2 Å². The van der Waals surface area contributed by atoms with Gasteiger partial charge in [-0.15, -0.1) is 0 Å². The van der Waals surface area contributed by atoms with Crippen LogP contribution < -0.4 is 5.32 Å². The molecule has 1 atom stereocenters. The quantitative estimate of drug-likeness (QED) is 0.712. The maximum atomic E-state index is 11.9. The van der Waals surface area contributed by atoms with Crippen molar-refractivity contribution in [3.63, 3.8) is 0 Å². The van der Waals surface area contributed by atoms with E-state index in [-0.39, 0.29) is 18.7 Å². The lowest BCUT2D eigenvalue weighted by molar-refractivity contribution is 0.109. The van der Waals surface area contributed by atoms with E-state index in [0.29, 0.717) is 13.2 Å². The summed E-state index contributed by atoms with van der Waals surface area (Å²) in [6, 6.07) is 10.2. The van der Waals surface area contributed by atoms with Gasteiger partial charge in [-0.1, -0.05) is 50.0 Å². The number of nitrogens with zero attached hydrogens (tertiary/aromatic N) is 1. The van der Waals surface area contributed by atoms with Gasteiger partial charge in [0.25, 0.3) is 0 Å². The fourth-order valence-corrected chi connectivity index (χ4v) is 2.77. The number of ether oxygens (including phenoxy) is 2. The van der Waals surface area contributed by atoms with Crippen LogP contribution in [0.3, 0.4) is 0 Å².